The van der Waals surface area contributed by atoms with Gasteiger partial charge in [-0.25, -0.2) is 0 Å². The number of benzene rings is 1. The van der Waals surface area contributed by atoms with Crippen molar-refractivity contribution in [3.63, 3.8) is 0 Å². The Morgan fingerprint density at radius 1 is 1.20 bits per heavy atom. The summed E-state index contributed by atoms with van der Waals surface area (Å²) >= 11 is 0. The van der Waals surface area contributed by atoms with Crippen LogP contribution in [0, 0.1) is 0 Å². The molecule has 0 aliphatic rings. The molecule has 0 saturated carbocycles. The van der Waals surface area contributed by atoms with Crippen molar-refractivity contribution in [2.24, 2.45) is 0 Å². The van der Waals surface area contributed by atoms with Crippen LogP contribution in [-0.2, 0) is 6.42 Å². The minimum atomic E-state index is 0.967. The van der Waals surface area contributed by atoms with Gasteiger partial charge in [-0.1, -0.05) is 25.1 Å². The Morgan fingerprint density at radius 2 is 2.07 bits per heavy atom. The number of hydrogen-bond donors (Lipinski definition) is 1. The van der Waals surface area contributed by atoms with Crippen LogP contribution in [-0.4, -0.2) is 13.1 Å². The van der Waals surface area contributed by atoms with Crippen LogP contribution in [0.5, 0.6) is 0 Å². The summed E-state index contributed by atoms with van der Waals surface area (Å²) in [5.74, 6) is 1.07. The van der Waals surface area contributed by atoms with E-state index in [2.05, 4.69) is 24.4 Å². The van der Waals surface area contributed by atoms with Crippen molar-refractivity contribution in [3.05, 3.63) is 36.1 Å². The molecule has 0 radical (unpaired) electrons. The minimum Gasteiger partial charge on any atom is -0.461 e. The van der Waals surface area contributed by atoms with E-state index in [1.165, 1.54) is 11.8 Å². The van der Waals surface area contributed by atoms with Crippen molar-refractivity contribution in [1.82, 2.24) is 5.32 Å². The molecule has 1 heterocycles. The summed E-state index contributed by atoms with van der Waals surface area (Å²) in [6.07, 6.45) is 2.15. The SMILES string of the molecule is CCCNCCc1cc2ccccc2o1. The molecule has 0 aliphatic carbocycles. The van der Waals surface area contributed by atoms with Crippen molar-refractivity contribution in [3.8, 4) is 0 Å². The van der Waals surface area contributed by atoms with Gasteiger partial charge in [-0.3, -0.25) is 0 Å². The first-order valence-electron chi connectivity index (χ1n) is 5.58. The van der Waals surface area contributed by atoms with E-state index in [0.29, 0.717) is 0 Å². The minimum absolute atomic E-state index is 0.967. The van der Waals surface area contributed by atoms with Crippen LogP contribution in [0.3, 0.4) is 0 Å². The average Bonchev–Trinajstić information content (AvgIpc) is 2.67. The lowest BCUT2D eigenvalue weighted by Gasteiger charge is -1.99. The van der Waals surface area contributed by atoms with E-state index in [4.69, 9.17) is 4.42 Å². The quantitative estimate of drug-likeness (QED) is 0.756. The predicted molar refractivity (Wildman–Crippen MR) is 63.1 cm³/mol. The lowest BCUT2D eigenvalue weighted by atomic mass is 10.2. The Hall–Kier alpha value is -1.28. The smallest absolute Gasteiger partial charge is 0.134 e. The van der Waals surface area contributed by atoms with Gasteiger partial charge in [-0.05, 0) is 25.1 Å². The van der Waals surface area contributed by atoms with Crippen LogP contribution < -0.4 is 5.32 Å². The van der Waals surface area contributed by atoms with Crippen molar-refractivity contribution in [2.45, 2.75) is 19.8 Å². The molecule has 1 aromatic heterocycles. The second kappa shape index (κ2) is 4.99. The van der Waals surface area contributed by atoms with Crippen molar-refractivity contribution < 1.29 is 4.42 Å². The standard InChI is InChI=1S/C13H17NO/c1-2-8-14-9-7-12-10-11-5-3-4-6-13(11)15-12/h3-6,10,14H,2,7-9H2,1H3. The van der Waals surface area contributed by atoms with E-state index in [0.717, 1.165) is 30.9 Å². The molecule has 0 saturated heterocycles. The van der Waals surface area contributed by atoms with E-state index in [1.807, 2.05) is 18.2 Å². The molecule has 0 bridgehead atoms. The number of nitrogens with one attached hydrogen (secondary N) is 1. The molecule has 1 aromatic carbocycles. The van der Waals surface area contributed by atoms with E-state index in [1.54, 1.807) is 0 Å². The Labute approximate surface area is 90.3 Å². The van der Waals surface area contributed by atoms with Crippen LogP contribution in [0.15, 0.2) is 34.7 Å². The first-order valence-corrected chi connectivity index (χ1v) is 5.58. The zero-order valence-electron chi connectivity index (χ0n) is 9.12. The maximum Gasteiger partial charge on any atom is 0.134 e. The number of para-hydroxylation sites is 1. The average molecular weight is 203 g/mol. The van der Waals surface area contributed by atoms with E-state index in [9.17, 15) is 0 Å². The van der Waals surface area contributed by atoms with Crippen LogP contribution in [0.25, 0.3) is 11.0 Å². The molecule has 15 heavy (non-hydrogen) atoms. The maximum atomic E-state index is 5.71. The van der Waals surface area contributed by atoms with Crippen LogP contribution >= 0.6 is 0 Å². The van der Waals surface area contributed by atoms with E-state index in [-0.39, 0.29) is 0 Å². The Bertz CT molecular complexity index is 386. The van der Waals surface area contributed by atoms with E-state index < -0.39 is 0 Å². The molecule has 80 valence electrons. The molecule has 2 heteroatoms. The Balaban J connectivity index is 1.97. The highest BCUT2D eigenvalue weighted by atomic mass is 16.3. The topological polar surface area (TPSA) is 25.2 Å². The van der Waals surface area contributed by atoms with Crippen molar-refractivity contribution >= 4 is 11.0 Å². The molecule has 2 aromatic rings. The fraction of sp³-hybridized carbons (Fsp3) is 0.385. The van der Waals surface area contributed by atoms with Gasteiger partial charge in [0.25, 0.3) is 0 Å². The van der Waals surface area contributed by atoms with Crippen LogP contribution in [0.1, 0.15) is 19.1 Å². The van der Waals surface area contributed by atoms with Gasteiger partial charge in [0.1, 0.15) is 11.3 Å². The van der Waals surface area contributed by atoms with Crippen molar-refractivity contribution in [2.75, 3.05) is 13.1 Å². The molecular weight excluding hydrogens is 186 g/mol. The molecule has 0 unspecified atom stereocenters. The predicted octanol–water partition coefficient (Wildman–Crippen LogP) is 2.97. The number of rotatable bonds is 5. The number of hydrogen-bond acceptors (Lipinski definition) is 2. The second-order valence-electron chi connectivity index (χ2n) is 3.75. The fourth-order valence-corrected chi connectivity index (χ4v) is 1.67. The molecule has 0 fully saturated rings. The van der Waals surface area contributed by atoms with Crippen LogP contribution in [0.4, 0.5) is 0 Å². The number of furan rings is 1. The Morgan fingerprint density at radius 3 is 2.87 bits per heavy atom. The van der Waals surface area contributed by atoms with Crippen LogP contribution in [0.2, 0.25) is 0 Å². The van der Waals surface area contributed by atoms with E-state index >= 15 is 0 Å². The fourth-order valence-electron chi connectivity index (χ4n) is 1.67. The summed E-state index contributed by atoms with van der Waals surface area (Å²) in [4.78, 5) is 0. The van der Waals surface area contributed by atoms with Gasteiger partial charge in [0.05, 0.1) is 0 Å². The highest BCUT2D eigenvalue weighted by Gasteiger charge is 2.01. The maximum absolute atomic E-state index is 5.71. The number of fused-ring (bicyclic) bond motifs is 1. The highest BCUT2D eigenvalue weighted by Crippen LogP contribution is 2.18. The largest absolute Gasteiger partial charge is 0.461 e. The summed E-state index contributed by atoms with van der Waals surface area (Å²) in [6, 6.07) is 10.3. The van der Waals surface area contributed by atoms with Gasteiger partial charge in [-0.2, -0.15) is 0 Å². The summed E-state index contributed by atoms with van der Waals surface area (Å²) in [5.41, 5.74) is 0.989. The van der Waals surface area contributed by atoms with Crippen molar-refractivity contribution in [1.29, 1.82) is 0 Å². The highest BCUT2D eigenvalue weighted by molar-refractivity contribution is 5.77. The monoisotopic (exact) mass is 203 g/mol. The first-order chi connectivity index (χ1) is 7.40. The van der Waals surface area contributed by atoms with Gasteiger partial charge in [0.15, 0.2) is 0 Å². The summed E-state index contributed by atoms with van der Waals surface area (Å²) in [6.45, 7) is 4.25. The van der Waals surface area contributed by atoms with Gasteiger partial charge in [0.2, 0.25) is 0 Å². The third kappa shape index (κ3) is 2.60. The lowest BCUT2D eigenvalue weighted by molar-refractivity contribution is 0.532. The lowest BCUT2D eigenvalue weighted by Crippen LogP contribution is -2.17. The molecule has 2 nitrogen and oxygen atoms in total. The molecule has 0 spiro atoms. The molecule has 0 atom stereocenters. The van der Waals surface area contributed by atoms with Gasteiger partial charge >= 0.3 is 0 Å². The molecular formula is C13H17NO. The Kier molecular flexibility index (Phi) is 3.41. The molecule has 1 N–H and O–H groups in total. The third-order valence-electron chi connectivity index (χ3n) is 2.45. The van der Waals surface area contributed by atoms with Gasteiger partial charge in [-0.15, -0.1) is 0 Å². The molecule has 2 rings (SSSR count). The third-order valence-corrected chi connectivity index (χ3v) is 2.45. The van der Waals surface area contributed by atoms with Gasteiger partial charge in [0, 0.05) is 18.4 Å². The molecule has 0 amide bonds. The summed E-state index contributed by atoms with van der Waals surface area (Å²) < 4.78 is 5.71. The normalized spacial score (nSPS) is 11.0. The first kappa shape index (κ1) is 10.2. The zero-order chi connectivity index (χ0) is 10.5. The summed E-state index contributed by atoms with van der Waals surface area (Å²) in [7, 11) is 0. The molecule has 0 aliphatic heterocycles. The summed E-state index contributed by atoms with van der Waals surface area (Å²) in [5, 5.41) is 4.57. The zero-order valence-corrected chi connectivity index (χ0v) is 9.12. The van der Waals surface area contributed by atoms with Gasteiger partial charge < -0.3 is 9.73 Å². The second-order valence-corrected chi connectivity index (χ2v) is 3.75.